The van der Waals surface area contributed by atoms with E-state index in [1.54, 1.807) is 0 Å². The topological polar surface area (TPSA) is 49.3 Å². The van der Waals surface area contributed by atoms with Crippen LogP contribution in [-0.2, 0) is 6.54 Å². The smallest absolute Gasteiger partial charge is 0.254 e. The van der Waals surface area contributed by atoms with Crippen LogP contribution < -0.4 is 5.32 Å². The molecule has 0 radical (unpaired) electrons. The highest BCUT2D eigenvalue weighted by molar-refractivity contribution is 5.94. The van der Waals surface area contributed by atoms with Crippen molar-refractivity contribution in [1.29, 1.82) is 0 Å². The van der Waals surface area contributed by atoms with Gasteiger partial charge in [0.2, 0.25) is 0 Å². The highest BCUT2D eigenvalue weighted by atomic mass is 19.1. The molecular formula is C14H12FNO2. The molecule has 0 heterocycles. The van der Waals surface area contributed by atoms with Gasteiger partial charge in [0, 0.05) is 12.6 Å². The van der Waals surface area contributed by atoms with E-state index in [9.17, 15) is 9.18 Å². The Balaban J connectivity index is 2.04. The van der Waals surface area contributed by atoms with E-state index in [1.807, 2.05) is 30.3 Å². The molecule has 18 heavy (non-hydrogen) atoms. The number of benzene rings is 2. The highest BCUT2D eigenvalue weighted by Gasteiger charge is 2.11. The summed E-state index contributed by atoms with van der Waals surface area (Å²) < 4.78 is 13.4. The number of rotatable bonds is 3. The van der Waals surface area contributed by atoms with E-state index in [1.165, 1.54) is 12.1 Å². The number of hydrogen-bond donors (Lipinski definition) is 2. The highest BCUT2D eigenvalue weighted by Crippen LogP contribution is 2.14. The number of carbonyl (C=O) groups is 1. The van der Waals surface area contributed by atoms with Crippen LogP contribution in [0.25, 0.3) is 0 Å². The molecule has 1 amide bonds. The number of phenols is 1. The van der Waals surface area contributed by atoms with E-state index in [4.69, 9.17) is 5.11 Å². The third kappa shape index (κ3) is 2.85. The lowest BCUT2D eigenvalue weighted by molar-refractivity contribution is 0.0947. The van der Waals surface area contributed by atoms with E-state index in [2.05, 4.69) is 5.32 Å². The molecule has 4 heteroatoms. The van der Waals surface area contributed by atoms with Gasteiger partial charge >= 0.3 is 0 Å². The normalized spacial score (nSPS) is 10.1. The number of carbonyl (C=O) groups excluding carboxylic acids is 1. The Morgan fingerprint density at radius 1 is 1.17 bits per heavy atom. The van der Waals surface area contributed by atoms with E-state index in [-0.39, 0.29) is 11.3 Å². The van der Waals surface area contributed by atoms with Gasteiger partial charge in [0.05, 0.1) is 5.56 Å². The maximum atomic E-state index is 13.4. The Morgan fingerprint density at radius 2 is 1.89 bits per heavy atom. The van der Waals surface area contributed by atoms with Gasteiger partial charge in [-0.2, -0.15) is 0 Å². The second-order valence-corrected chi connectivity index (χ2v) is 3.83. The van der Waals surface area contributed by atoms with Crippen LogP contribution in [0.4, 0.5) is 4.39 Å². The summed E-state index contributed by atoms with van der Waals surface area (Å²) in [5, 5.41) is 11.7. The first-order valence-corrected chi connectivity index (χ1v) is 5.47. The molecule has 0 bridgehead atoms. The molecule has 92 valence electrons. The molecule has 0 aliphatic heterocycles. The van der Waals surface area contributed by atoms with Crippen LogP contribution in [0.5, 0.6) is 5.75 Å². The summed E-state index contributed by atoms with van der Waals surface area (Å²) >= 11 is 0. The molecule has 0 unspecified atom stereocenters. The molecule has 0 fully saturated rings. The van der Waals surface area contributed by atoms with E-state index >= 15 is 0 Å². The second kappa shape index (κ2) is 5.31. The first kappa shape index (κ1) is 12.1. The summed E-state index contributed by atoms with van der Waals surface area (Å²) in [5.74, 6) is -1.44. The zero-order chi connectivity index (χ0) is 13.0. The number of phenolic OH excluding ortho intramolecular Hbond substituents is 1. The van der Waals surface area contributed by atoms with Crippen molar-refractivity contribution in [2.45, 2.75) is 6.54 Å². The van der Waals surface area contributed by atoms with Crippen LogP contribution >= 0.6 is 0 Å². The molecule has 3 nitrogen and oxygen atoms in total. The first-order valence-electron chi connectivity index (χ1n) is 5.47. The van der Waals surface area contributed by atoms with Crippen LogP contribution in [-0.4, -0.2) is 11.0 Å². The molecule has 0 spiro atoms. The van der Waals surface area contributed by atoms with Crippen molar-refractivity contribution in [1.82, 2.24) is 5.32 Å². The summed E-state index contributed by atoms with van der Waals surface area (Å²) in [6.45, 7) is 0.333. The summed E-state index contributed by atoms with van der Waals surface area (Å²) in [6, 6.07) is 12.8. The number of hydrogen-bond acceptors (Lipinski definition) is 2. The summed E-state index contributed by atoms with van der Waals surface area (Å²) in [7, 11) is 0. The predicted octanol–water partition coefficient (Wildman–Crippen LogP) is 2.46. The van der Waals surface area contributed by atoms with Crippen molar-refractivity contribution in [3.63, 3.8) is 0 Å². The SMILES string of the molecule is O=C(NCc1ccccc1)c1ccc(O)cc1F. The monoisotopic (exact) mass is 245 g/mol. The minimum absolute atomic E-state index is 0.0799. The van der Waals surface area contributed by atoms with Crippen molar-refractivity contribution >= 4 is 5.91 Å². The van der Waals surface area contributed by atoms with Gasteiger partial charge in [-0.25, -0.2) is 4.39 Å². The predicted molar refractivity (Wildman–Crippen MR) is 65.7 cm³/mol. The molecule has 0 saturated heterocycles. The van der Waals surface area contributed by atoms with Crippen molar-refractivity contribution < 1.29 is 14.3 Å². The van der Waals surface area contributed by atoms with Crippen LogP contribution in [0.15, 0.2) is 48.5 Å². The van der Waals surface area contributed by atoms with Gasteiger partial charge in [0.15, 0.2) is 0 Å². The summed E-state index contributed by atoms with van der Waals surface area (Å²) in [6.07, 6.45) is 0. The second-order valence-electron chi connectivity index (χ2n) is 3.83. The zero-order valence-electron chi connectivity index (χ0n) is 9.56. The van der Waals surface area contributed by atoms with E-state index < -0.39 is 11.7 Å². The zero-order valence-corrected chi connectivity index (χ0v) is 9.56. The lowest BCUT2D eigenvalue weighted by Gasteiger charge is -2.06. The third-order valence-electron chi connectivity index (χ3n) is 2.49. The van der Waals surface area contributed by atoms with Crippen molar-refractivity contribution in [3.05, 3.63) is 65.5 Å². The van der Waals surface area contributed by atoms with E-state index in [0.717, 1.165) is 11.6 Å². The Labute approximate surface area is 104 Å². The summed E-state index contributed by atoms with van der Waals surface area (Å²) in [4.78, 5) is 11.7. The van der Waals surface area contributed by atoms with Gasteiger partial charge < -0.3 is 10.4 Å². The minimum Gasteiger partial charge on any atom is -0.508 e. The molecular weight excluding hydrogens is 233 g/mol. The fourth-order valence-corrected chi connectivity index (χ4v) is 1.56. The molecule has 0 aliphatic rings. The molecule has 0 atom stereocenters. The van der Waals surface area contributed by atoms with Crippen molar-refractivity contribution in [2.24, 2.45) is 0 Å². The number of amides is 1. The standard InChI is InChI=1S/C14H12FNO2/c15-13-8-11(17)6-7-12(13)14(18)16-9-10-4-2-1-3-5-10/h1-8,17H,9H2,(H,16,18). The molecule has 0 aromatic heterocycles. The van der Waals surface area contributed by atoms with Gasteiger partial charge in [0.25, 0.3) is 5.91 Å². The fraction of sp³-hybridized carbons (Fsp3) is 0.0714. The Bertz CT molecular complexity index is 555. The van der Waals surface area contributed by atoms with Gasteiger partial charge in [0.1, 0.15) is 11.6 Å². The maximum Gasteiger partial charge on any atom is 0.254 e. The molecule has 0 saturated carbocycles. The molecule has 2 N–H and O–H groups in total. The summed E-state index contributed by atoms with van der Waals surface area (Å²) in [5.41, 5.74) is 0.855. The van der Waals surface area contributed by atoms with Gasteiger partial charge in [-0.3, -0.25) is 4.79 Å². The lowest BCUT2D eigenvalue weighted by atomic mass is 10.1. The molecule has 2 rings (SSSR count). The lowest BCUT2D eigenvalue weighted by Crippen LogP contribution is -2.23. The quantitative estimate of drug-likeness (QED) is 0.872. The van der Waals surface area contributed by atoms with Gasteiger partial charge in [-0.15, -0.1) is 0 Å². The number of halogens is 1. The van der Waals surface area contributed by atoms with Crippen LogP contribution in [0, 0.1) is 5.82 Å². The molecule has 0 aliphatic carbocycles. The molecule has 2 aromatic carbocycles. The Hall–Kier alpha value is -2.36. The fourth-order valence-electron chi connectivity index (χ4n) is 1.56. The van der Waals surface area contributed by atoms with Gasteiger partial charge in [-0.05, 0) is 17.7 Å². The van der Waals surface area contributed by atoms with Crippen LogP contribution in [0.3, 0.4) is 0 Å². The molecule has 2 aromatic rings. The maximum absolute atomic E-state index is 13.4. The number of aromatic hydroxyl groups is 1. The van der Waals surface area contributed by atoms with Crippen LogP contribution in [0.2, 0.25) is 0 Å². The van der Waals surface area contributed by atoms with Crippen molar-refractivity contribution in [3.8, 4) is 5.75 Å². The van der Waals surface area contributed by atoms with E-state index in [0.29, 0.717) is 6.54 Å². The number of nitrogens with one attached hydrogen (secondary N) is 1. The average Bonchev–Trinajstić information content (AvgIpc) is 2.37. The van der Waals surface area contributed by atoms with Gasteiger partial charge in [-0.1, -0.05) is 30.3 Å². The van der Waals surface area contributed by atoms with Crippen LogP contribution in [0.1, 0.15) is 15.9 Å². The Morgan fingerprint density at radius 3 is 2.56 bits per heavy atom. The minimum atomic E-state index is -0.736. The Kier molecular flexibility index (Phi) is 3.57. The third-order valence-corrected chi connectivity index (χ3v) is 2.49. The largest absolute Gasteiger partial charge is 0.508 e. The average molecular weight is 245 g/mol. The first-order chi connectivity index (χ1) is 8.66. The van der Waals surface area contributed by atoms with Crippen molar-refractivity contribution in [2.75, 3.05) is 0 Å².